The number of hydrogen-bond donors (Lipinski definition) is 0. The van der Waals surface area contributed by atoms with E-state index in [1.165, 1.54) is 29.0 Å². The average Bonchev–Trinajstić information content (AvgIpc) is 2.78. The Bertz CT molecular complexity index is 639. The van der Waals surface area contributed by atoms with Crippen LogP contribution in [0.15, 0.2) is 65.8 Å². The summed E-state index contributed by atoms with van der Waals surface area (Å²) in [5.74, 6) is 1.28. The molecule has 2 aliphatic carbocycles. The molecule has 3 aliphatic rings. The highest BCUT2D eigenvalue weighted by Gasteiger charge is 2.42. The highest BCUT2D eigenvalue weighted by atomic mass is 32.2. The first-order valence-electron chi connectivity index (χ1n) is 7.75. The third-order valence-electron chi connectivity index (χ3n) is 4.57. The Morgan fingerprint density at radius 2 is 2.19 bits per heavy atom. The fourth-order valence-electron chi connectivity index (χ4n) is 3.27. The van der Waals surface area contributed by atoms with Gasteiger partial charge in [0.15, 0.2) is 0 Å². The van der Waals surface area contributed by atoms with Crippen LogP contribution in [-0.2, 0) is 0 Å². The van der Waals surface area contributed by atoms with Crippen molar-refractivity contribution in [1.82, 2.24) is 4.98 Å². The van der Waals surface area contributed by atoms with Crippen LogP contribution in [0.2, 0.25) is 0 Å². The second-order valence-corrected chi connectivity index (χ2v) is 7.19. The number of aromatic nitrogens is 1. The molecule has 1 aliphatic heterocycles. The number of thioether (sulfide) groups is 1. The Morgan fingerprint density at radius 3 is 2.90 bits per heavy atom. The highest BCUT2D eigenvalue weighted by molar-refractivity contribution is 8.04. The second-order valence-electron chi connectivity index (χ2n) is 5.90. The molecule has 3 atom stereocenters. The summed E-state index contributed by atoms with van der Waals surface area (Å²) in [7, 11) is 0. The topological polar surface area (TPSA) is 12.9 Å². The minimum absolute atomic E-state index is 0.548. The van der Waals surface area contributed by atoms with Gasteiger partial charge in [0.1, 0.15) is 0 Å². The van der Waals surface area contributed by atoms with E-state index in [0.29, 0.717) is 5.92 Å². The van der Waals surface area contributed by atoms with E-state index in [2.05, 4.69) is 65.3 Å². The van der Waals surface area contributed by atoms with Gasteiger partial charge in [0.2, 0.25) is 0 Å². The summed E-state index contributed by atoms with van der Waals surface area (Å²) >= 11 is 2.06. The maximum Gasteiger partial charge on any atom is 0.0676 e. The normalized spacial score (nSPS) is 30.8. The number of fused-ring (bicyclic) bond motifs is 1. The number of nitrogens with zero attached hydrogens (tertiary/aromatic N) is 1. The van der Waals surface area contributed by atoms with Crippen LogP contribution in [0.25, 0.3) is 5.57 Å². The van der Waals surface area contributed by atoms with Crippen molar-refractivity contribution < 1.29 is 0 Å². The molecule has 0 amide bonds. The van der Waals surface area contributed by atoms with Gasteiger partial charge >= 0.3 is 0 Å². The first-order valence-corrected chi connectivity index (χ1v) is 8.63. The molecule has 0 spiro atoms. The molecule has 1 nitrogen and oxygen atoms in total. The van der Waals surface area contributed by atoms with E-state index in [0.717, 1.165) is 17.6 Å². The van der Waals surface area contributed by atoms with Gasteiger partial charge in [0.05, 0.1) is 5.69 Å². The van der Waals surface area contributed by atoms with Gasteiger partial charge < -0.3 is 0 Å². The summed E-state index contributed by atoms with van der Waals surface area (Å²) in [6.45, 7) is 0. The Labute approximate surface area is 130 Å². The molecule has 2 heterocycles. The Balaban J connectivity index is 1.63. The third kappa shape index (κ3) is 2.53. The average molecular weight is 293 g/mol. The molecular formula is C19H19NS. The molecule has 106 valence electrons. The van der Waals surface area contributed by atoms with Crippen LogP contribution in [0.3, 0.4) is 0 Å². The molecular weight excluding hydrogens is 274 g/mol. The van der Waals surface area contributed by atoms with Crippen LogP contribution in [0.1, 0.15) is 25.0 Å². The fraction of sp³-hybridized carbons (Fsp3) is 0.316. The third-order valence-corrected chi connectivity index (χ3v) is 6.05. The molecule has 1 fully saturated rings. The van der Waals surface area contributed by atoms with Crippen LogP contribution in [0.5, 0.6) is 0 Å². The van der Waals surface area contributed by atoms with Gasteiger partial charge in [-0.05, 0) is 48.8 Å². The Kier molecular flexibility index (Phi) is 3.56. The minimum Gasteiger partial charge on any atom is -0.257 e. The standard InChI is InChI=1S/C19H19NS/c1-2-6-14(7-3-1)9-11-18-19(15-10-12-17(15)21-18)16-8-4-5-13-20-16/h1-6,8-9,11,13-15,17H,7,10,12H2/b11-9+. The molecule has 0 saturated heterocycles. The highest BCUT2D eigenvalue weighted by Crippen LogP contribution is 2.56. The summed E-state index contributed by atoms with van der Waals surface area (Å²) in [5.41, 5.74) is 2.67. The Hall–Kier alpha value is -1.54. The lowest BCUT2D eigenvalue weighted by Gasteiger charge is -2.31. The number of rotatable bonds is 3. The molecule has 0 radical (unpaired) electrons. The van der Waals surface area contributed by atoms with Crippen LogP contribution in [-0.4, -0.2) is 10.2 Å². The van der Waals surface area contributed by atoms with E-state index < -0.39 is 0 Å². The monoisotopic (exact) mass is 293 g/mol. The van der Waals surface area contributed by atoms with Crippen molar-refractivity contribution in [3.8, 4) is 0 Å². The maximum absolute atomic E-state index is 4.59. The minimum atomic E-state index is 0.548. The molecule has 1 aromatic heterocycles. The number of allylic oxidation sites excluding steroid dienone is 7. The van der Waals surface area contributed by atoms with Gasteiger partial charge in [-0.15, -0.1) is 11.8 Å². The summed E-state index contributed by atoms with van der Waals surface area (Å²) in [6.07, 6.45) is 19.2. The predicted octanol–water partition coefficient (Wildman–Crippen LogP) is 5.01. The van der Waals surface area contributed by atoms with Crippen molar-refractivity contribution in [3.05, 3.63) is 71.5 Å². The first kappa shape index (κ1) is 13.1. The molecule has 0 aromatic carbocycles. The molecule has 4 rings (SSSR count). The van der Waals surface area contributed by atoms with Crippen molar-refractivity contribution in [3.63, 3.8) is 0 Å². The molecule has 3 unspecified atom stereocenters. The van der Waals surface area contributed by atoms with Gasteiger partial charge in [-0.1, -0.05) is 42.5 Å². The quantitative estimate of drug-likeness (QED) is 0.777. The van der Waals surface area contributed by atoms with Crippen LogP contribution >= 0.6 is 11.8 Å². The van der Waals surface area contributed by atoms with Crippen LogP contribution in [0.4, 0.5) is 0 Å². The van der Waals surface area contributed by atoms with E-state index >= 15 is 0 Å². The SMILES string of the molecule is C1=CCC(/C=C/C2=C(c3ccccn3)C3CCC3S2)C=C1. The van der Waals surface area contributed by atoms with E-state index in [4.69, 9.17) is 0 Å². The van der Waals surface area contributed by atoms with Crippen molar-refractivity contribution in [2.24, 2.45) is 11.8 Å². The van der Waals surface area contributed by atoms with Crippen molar-refractivity contribution >= 4 is 17.3 Å². The van der Waals surface area contributed by atoms with E-state index in [9.17, 15) is 0 Å². The first-order chi connectivity index (χ1) is 10.4. The zero-order chi connectivity index (χ0) is 14.1. The maximum atomic E-state index is 4.59. The zero-order valence-corrected chi connectivity index (χ0v) is 12.8. The van der Waals surface area contributed by atoms with Crippen molar-refractivity contribution in [1.29, 1.82) is 0 Å². The lowest BCUT2D eigenvalue weighted by Crippen LogP contribution is -2.25. The van der Waals surface area contributed by atoms with Crippen LogP contribution < -0.4 is 0 Å². The number of hydrogen-bond acceptors (Lipinski definition) is 2. The second kappa shape index (κ2) is 5.69. The zero-order valence-electron chi connectivity index (χ0n) is 12.0. The van der Waals surface area contributed by atoms with E-state index in [1.807, 2.05) is 12.3 Å². The fourth-order valence-corrected chi connectivity index (χ4v) is 4.83. The predicted molar refractivity (Wildman–Crippen MR) is 90.8 cm³/mol. The van der Waals surface area contributed by atoms with Crippen molar-refractivity contribution in [2.45, 2.75) is 24.5 Å². The van der Waals surface area contributed by atoms with Gasteiger partial charge in [0, 0.05) is 16.4 Å². The molecule has 2 heteroatoms. The van der Waals surface area contributed by atoms with Crippen LogP contribution in [0, 0.1) is 11.8 Å². The molecule has 1 saturated carbocycles. The number of pyridine rings is 1. The van der Waals surface area contributed by atoms with E-state index in [1.54, 1.807) is 0 Å². The Morgan fingerprint density at radius 1 is 1.19 bits per heavy atom. The summed E-state index contributed by atoms with van der Waals surface area (Å²) in [4.78, 5) is 6.04. The lowest BCUT2D eigenvalue weighted by atomic mass is 9.78. The molecule has 0 bridgehead atoms. The van der Waals surface area contributed by atoms with Gasteiger partial charge in [-0.3, -0.25) is 4.98 Å². The van der Waals surface area contributed by atoms with Gasteiger partial charge in [-0.25, -0.2) is 0 Å². The summed E-state index contributed by atoms with van der Waals surface area (Å²) in [5, 5.41) is 0.795. The van der Waals surface area contributed by atoms with Crippen molar-refractivity contribution in [2.75, 3.05) is 0 Å². The largest absolute Gasteiger partial charge is 0.257 e. The van der Waals surface area contributed by atoms with E-state index in [-0.39, 0.29) is 0 Å². The summed E-state index contributed by atoms with van der Waals surface area (Å²) in [6, 6.07) is 6.26. The molecule has 1 aromatic rings. The van der Waals surface area contributed by atoms with Gasteiger partial charge in [0.25, 0.3) is 0 Å². The smallest absolute Gasteiger partial charge is 0.0676 e. The molecule has 0 N–H and O–H groups in total. The van der Waals surface area contributed by atoms with Gasteiger partial charge in [-0.2, -0.15) is 0 Å². The lowest BCUT2D eigenvalue weighted by molar-refractivity contribution is 0.423. The summed E-state index contributed by atoms with van der Waals surface area (Å²) < 4.78 is 0. The molecule has 21 heavy (non-hydrogen) atoms.